The van der Waals surface area contributed by atoms with Gasteiger partial charge in [0.05, 0.1) is 11.2 Å². The van der Waals surface area contributed by atoms with Crippen LogP contribution in [0.25, 0.3) is 0 Å². The third-order valence-electron chi connectivity index (χ3n) is 3.62. The summed E-state index contributed by atoms with van der Waals surface area (Å²) in [6, 6.07) is 13.1. The molecule has 0 radical (unpaired) electrons. The van der Waals surface area contributed by atoms with Crippen molar-refractivity contribution in [2.24, 2.45) is 0 Å². The molecule has 0 saturated heterocycles. The van der Waals surface area contributed by atoms with Gasteiger partial charge in [0.2, 0.25) is 0 Å². The molecule has 0 unspecified atom stereocenters. The Hall–Kier alpha value is -2.86. The molecule has 0 aliphatic carbocycles. The summed E-state index contributed by atoms with van der Waals surface area (Å²) in [4.78, 5) is 3.99. The maximum absolute atomic E-state index is 13.8. The molecular formula is C19H15ClF2N2O2. The molecule has 2 aromatic carbocycles. The van der Waals surface area contributed by atoms with Crippen LogP contribution in [0.15, 0.2) is 54.7 Å². The number of pyridine rings is 1. The van der Waals surface area contributed by atoms with E-state index in [0.29, 0.717) is 12.4 Å². The third-order valence-corrected chi connectivity index (χ3v) is 4.02. The Kier molecular flexibility index (Phi) is 5.53. The number of rotatable bonds is 6. The smallest absolute Gasteiger partial charge is 0.166 e. The van der Waals surface area contributed by atoms with E-state index in [1.54, 1.807) is 0 Å². The summed E-state index contributed by atoms with van der Waals surface area (Å²) < 4.78 is 38.4. The zero-order chi connectivity index (χ0) is 18.5. The van der Waals surface area contributed by atoms with Crippen molar-refractivity contribution in [1.82, 2.24) is 4.98 Å². The van der Waals surface area contributed by atoms with Crippen molar-refractivity contribution in [3.8, 4) is 11.5 Å². The van der Waals surface area contributed by atoms with E-state index in [0.717, 1.165) is 17.7 Å². The molecule has 0 bridgehead atoms. The Balaban J connectivity index is 1.71. The van der Waals surface area contributed by atoms with Crippen LogP contribution in [-0.2, 0) is 13.2 Å². The molecule has 4 nitrogen and oxygen atoms in total. The van der Waals surface area contributed by atoms with Gasteiger partial charge < -0.3 is 15.2 Å². The molecule has 3 aromatic rings. The molecular weight excluding hydrogens is 362 g/mol. The number of hydrogen-bond donors (Lipinski definition) is 1. The molecule has 26 heavy (non-hydrogen) atoms. The lowest BCUT2D eigenvalue weighted by Gasteiger charge is -2.12. The number of halogens is 3. The lowest BCUT2D eigenvalue weighted by atomic mass is 10.2. The van der Waals surface area contributed by atoms with Crippen LogP contribution in [0.4, 0.5) is 14.6 Å². The summed E-state index contributed by atoms with van der Waals surface area (Å²) in [6.45, 7) is 0.0483. The van der Waals surface area contributed by atoms with Crippen molar-refractivity contribution in [3.05, 3.63) is 82.5 Å². The standard InChI is InChI=1S/C19H15ClF2N2O2/c20-18-14(15(21)6-7-16(18)22)11-26-17-8-13(9-24-19(17)23)25-10-12-4-2-1-3-5-12/h1-9H,10-11H2,(H2,23,24). The van der Waals surface area contributed by atoms with Crippen LogP contribution in [0.3, 0.4) is 0 Å². The van der Waals surface area contributed by atoms with E-state index in [2.05, 4.69) is 4.98 Å². The number of nitrogen functional groups attached to an aromatic ring is 1. The van der Waals surface area contributed by atoms with Gasteiger partial charge in [-0.05, 0) is 17.7 Å². The second kappa shape index (κ2) is 8.01. The van der Waals surface area contributed by atoms with Gasteiger partial charge in [0.1, 0.15) is 30.6 Å². The Bertz CT molecular complexity index is 908. The summed E-state index contributed by atoms with van der Waals surface area (Å²) in [5, 5.41) is -0.326. The minimum Gasteiger partial charge on any atom is -0.487 e. The highest BCUT2D eigenvalue weighted by molar-refractivity contribution is 6.31. The van der Waals surface area contributed by atoms with Crippen LogP contribution >= 0.6 is 11.6 Å². The summed E-state index contributed by atoms with van der Waals surface area (Å²) in [7, 11) is 0. The highest BCUT2D eigenvalue weighted by Crippen LogP contribution is 2.28. The molecule has 3 rings (SSSR count). The summed E-state index contributed by atoms with van der Waals surface area (Å²) >= 11 is 5.79. The van der Waals surface area contributed by atoms with Crippen molar-refractivity contribution in [2.75, 3.05) is 5.73 Å². The van der Waals surface area contributed by atoms with Gasteiger partial charge in [-0.1, -0.05) is 41.9 Å². The molecule has 1 heterocycles. The topological polar surface area (TPSA) is 57.4 Å². The molecule has 0 amide bonds. The van der Waals surface area contributed by atoms with Crippen LogP contribution in [-0.4, -0.2) is 4.98 Å². The quantitative estimate of drug-likeness (QED) is 0.630. The lowest BCUT2D eigenvalue weighted by molar-refractivity contribution is 0.285. The van der Waals surface area contributed by atoms with Crippen molar-refractivity contribution in [1.29, 1.82) is 0 Å². The molecule has 0 fully saturated rings. The van der Waals surface area contributed by atoms with Crippen molar-refractivity contribution in [3.63, 3.8) is 0 Å². The van der Waals surface area contributed by atoms with Crippen molar-refractivity contribution in [2.45, 2.75) is 13.2 Å². The Morgan fingerprint density at radius 1 is 0.962 bits per heavy atom. The highest BCUT2D eigenvalue weighted by Gasteiger charge is 2.14. The monoisotopic (exact) mass is 376 g/mol. The Morgan fingerprint density at radius 2 is 1.69 bits per heavy atom. The number of aromatic nitrogens is 1. The first-order chi connectivity index (χ1) is 12.5. The molecule has 7 heteroatoms. The lowest BCUT2D eigenvalue weighted by Crippen LogP contribution is -2.04. The maximum Gasteiger partial charge on any atom is 0.166 e. The van der Waals surface area contributed by atoms with Gasteiger partial charge in [0, 0.05) is 11.6 Å². The van der Waals surface area contributed by atoms with E-state index in [1.807, 2.05) is 30.3 Å². The van der Waals surface area contributed by atoms with E-state index in [-0.39, 0.29) is 28.8 Å². The molecule has 0 aliphatic rings. The second-order valence-electron chi connectivity index (χ2n) is 5.44. The van der Waals surface area contributed by atoms with Gasteiger partial charge in [0.15, 0.2) is 11.6 Å². The fraction of sp³-hybridized carbons (Fsp3) is 0.105. The minimum atomic E-state index is -0.724. The molecule has 0 aliphatic heterocycles. The fourth-order valence-corrected chi connectivity index (χ4v) is 2.43. The zero-order valence-electron chi connectivity index (χ0n) is 13.6. The van der Waals surface area contributed by atoms with Gasteiger partial charge in [-0.3, -0.25) is 0 Å². The van der Waals surface area contributed by atoms with Crippen molar-refractivity contribution >= 4 is 17.4 Å². The van der Waals surface area contributed by atoms with E-state index in [1.165, 1.54) is 12.3 Å². The maximum atomic E-state index is 13.8. The zero-order valence-corrected chi connectivity index (χ0v) is 14.3. The largest absolute Gasteiger partial charge is 0.487 e. The first-order valence-electron chi connectivity index (χ1n) is 7.72. The molecule has 0 spiro atoms. The number of nitrogens with two attached hydrogens (primary N) is 1. The van der Waals surface area contributed by atoms with E-state index < -0.39 is 11.6 Å². The normalized spacial score (nSPS) is 10.6. The van der Waals surface area contributed by atoms with E-state index >= 15 is 0 Å². The van der Waals surface area contributed by atoms with Gasteiger partial charge in [-0.15, -0.1) is 0 Å². The number of anilines is 1. The number of ether oxygens (including phenoxy) is 2. The van der Waals surface area contributed by atoms with Crippen LogP contribution in [0.2, 0.25) is 5.02 Å². The minimum absolute atomic E-state index is 0.0957. The average Bonchev–Trinajstić information content (AvgIpc) is 2.66. The summed E-state index contributed by atoms with van der Waals surface area (Å²) in [5.74, 6) is -0.665. The van der Waals surface area contributed by atoms with Gasteiger partial charge >= 0.3 is 0 Å². The second-order valence-corrected chi connectivity index (χ2v) is 5.82. The van der Waals surface area contributed by atoms with Crippen LogP contribution in [0, 0.1) is 11.6 Å². The Labute approximate surface area is 154 Å². The van der Waals surface area contributed by atoms with E-state index in [9.17, 15) is 8.78 Å². The number of nitrogens with zero attached hydrogens (tertiary/aromatic N) is 1. The average molecular weight is 377 g/mol. The summed E-state index contributed by atoms with van der Waals surface area (Å²) in [6.07, 6.45) is 1.46. The molecule has 0 atom stereocenters. The SMILES string of the molecule is Nc1ncc(OCc2ccccc2)cc1OCc1c(F)ccc(F)c1Cl. The number of hydrogen-bond acceptors (Lipinski definition) is 4. The van der Waals surface area contributed by atoms with Crippen LogP contribution in [0.5, 0.6) is 11.5 Å². The highest BCUT2D eigenvalue weighted by atomic mass is 35.5. The predicted octanol–water partition coefficient (Wildman–Crippen LogP) is 4.75. The molecule has 1 aromatic heterocycles. The summed E-state index contributed by atoms with van der Waals surface area (Å²) in [5.41, 5.74) is 6.67. The number of benzene rings is 2. The van der Waals surface area contributed by atoms with E-state index in [4.69, 9.17) is 26.8 Å². The van der Waals surface area contributed by atoms with Crippen molar-refractivity contribution < 1.29 is 18.3 Å². The first-order valence-corrected chi connectivity index (χ1v) is 8.10. The first kappa shape index (κ1) is 17.9. The van der Waals surface area contributed by atoms with Crippen LogP contribution in [0.1, 0.15) is 11.1 Å². The van der Waals surface area contributed by atoms with Crippen LogP contribution < -0.4 is 15.2 Å². The van der Waals surface area contributed by atoms with Gasteiger partial charge in [-0.25, -0.2) is 13.8 Å². The third kappa shape index (κ3) is 4.21. The molecule has 134 valence electrons. The van der Waals surface area contributed by atoms with Gasteiger partial charge in [0.25, 0.3) is 0 Å². The predicted molar refractivity (Wildman–Crippen MR) is 95.1 cm³/mol. The fourth-order valence-electron chi connectivity index (χ4n) is 2.22. The van der Waals surface area contributed by atoms with Gasteiger partial charge in [-0.2, -0.15) is 0 Å². The molecule has 2 N–H and O–H groups in total. The Morgan fingerprint density at radius 3 is 2.46 bits per heavy atom. The molecule has 0 saturated carbocycles.